The lowest BCUT2D eigenvalue weighted by molar-refractivity contribution is 1.11. The van der Waals surface area contributed by atoms with Crippen molar-refractivity contribution in [2.24, 2.45) is 0 Å². The molecule has 1 aromatic carbocycles. The van der Waals surface area contributed by atoms with Gasteiger partial charge in [0.25, 0.3) is 0 Å². The summed E-state index contributed by atoms with van der Waals surface area (Å²) in [5.41, 5.74) is 1.77. The first-order valence-electron chi connectivity index (χ1n) is 4.12. The van der Waals surface area contributed by atoms with Crippen LogP contribution in [-0.2, 0) is 0 Å². The zero-order chi connectivity index (χ0) is 9.54. The molecule has 0 saturated carbocycles. The van der Waals surface area contributed by atoms with Gasteiger partial charge in [0.1, 0.15) is 11.4 Å². The third-order valence-electron chi connectivity index (χ3n) is 2.17. The molecule has 0 bridgehead atoms. The van der Waals surface area contributed by atoms with E-state index in [1.165, 1.54) is 6.33 Å². The summed E-state index contributed by atoms with van der Waals surface area (Å²) in [4.78, 5) is 8.18. The summed E-state index contributed by atoms with van der Waals surface area (Å²) in [5, 5.41) is 9.58. The van der Waals surface area contributed by atoms with Gasteiger partial charge in [-0.1, -0.05) is 0 Å². The Morgan fingerprint density at radius 3 is 3.00 bits per heavy atom. The Kier molecular flexibility index (Phi) is 1.49. The van der Waals surface area contributed by atoms with E-state index in [0.29, 0.717) is 5.03 Å². The molecular formula is C9H6N4S. The molecule has 0 aliphatic carbocycles. The first-order chi connectivity index (χ1) is 6.84. The zero-order valence-corrected chi connectivity index (χ0v) is 7.99. The van der Waals surface area contributed by atoms with Crippen molar-refractivity contribution in [2.75, 3.05) is 0 Å². The minimum absolute atomic E-state index is 0.693. The lowest BCUT2D eigenvalue weighted by atomic mass is 10.2. The Balaban J connectivity index is 2.57. The van der Waals surface area contributed by atoms with E-state index in [-0.39, 0.29) is 0 Å². The summed E-state index contributed by atoms with van der Waals surface area (Å²) in [7, 11) is 0. The molecule has 3 aromatic rings. The van der Waals surface area contributed by atoms with E-state index >= 15 is 0 Å². The maximum absolute atomic E-state index is 4.28. The lowest BCUT2D eigenvalue weighted by Gasteiger charge is -1.98. The highest BCUT2D eigenvalue weighted by Gasteiger charge is 2.03. The van der Waals surface area contributed by atoms with Crippen LogP contribution in [0.25, 0.3) is 21.8 Å². The van der Waals surface area contributed by atoms with Crippen LogP contribution in [0.5, 0.6) is 0 Å². The fourth-order valence-corrected chi connectivity index (χ4v) is 1.71. The van der Waals surface area contributed by atoms with Crippen LogP contribution in [-0.4, -0.2) is 20.2 Å². The van der Waals surface area contributed by atoms with Crippen molar-refractivity contribution in [1.29, 1.82) is 0 Å². The Hall–Kier alpha value is -1.62. The summed E-state index contributed by atoms with van der Waals surface area (Å²) >= 11 is 4.28. The summed E-state index contributed by atoms with van der Waals surface area (Å²) in [6.45, 7) is 0. The molecule has 0 aliphatic heterocycles. The van der Waals surface area contributed by atoms with Crippen molar-refractivity contribution in [3.8, 4) is 0 Å². The number of benzene rings is 1. The van der Waals surface area contributed by atoms with E-state index in [1.807, 2.05) is 18.3 Å². The molecule has 68 valence electrons. The maximum Gasteiger partial charge on any atom is 0.117 e. The molecule has 0 fully saturated rings. The van der Waals surface area contributed by atoms with Gasteiger partial charge < -0.3 is 0 Å². The standard InChI is InChI=1S/C9H6N4S/c14-9-6-1-5-3-12-13-7(5)2-8(6)10-4-11-9/h1-4H,(H,12,13)(H,10,11,14). The van der Waals surface area contributed by atoms with Crippen molar-refractivity contribution < 1.29 is 0 Å². The van der Waals surface area contributed by atoms with E-state index in [2.05, 4.69) is 32.8 Å². The van der Waals surface area contributed by atoms with Gasteiger partial charge in [0.2, 0.25) is 0 Å². The van der Waals surface area contributed by atoms with E-state index in [9.17, 15) is 0 Å². The van der Waals surface area contributed by atoms with Crippen molar-refractivity contribution in [3.05, 3.63) is 24.7 Å². The van der Waals surface area contributed by atoms with Crippen molar-refractivity contribution in [2.45, 2.75) is 5.03 Å². The fraction of sp³-hybridized carbons (Fsp3) is 0. The molecule has 0 amide bonds. The highest BCUT2D eigenvalue weighted by Crippen LogP contribution is 2.22. The molecule has 2 heterocycles. The molecule has 0 aliphatic rings. The van der Waals surface area contributed by atoms with Gasteiger partial charge in [-0.15, -0.1) is 12.6 Å². The molecule has 1 N–H and O–H groups in total. The van der Waals surface area contributed by atoms with Crippen LogP contribution in [0.3, 0.4) is 0 Å². The predicted molar refractivity (Wildman–Crippen MR) is 56.4 cm³/mol. The number of hydrogen-bond donors (Lipinski definition) is 2. The number of aromatic amines is 1. The second-order valence-corrected chi connectivity index (χ2v) is 3.43. The number of nitrogens with one attached hydrogen (secondary N) is 1. The van der Waals surface area contributed by atoms with Crippen LogP contribution in [0.1, 0.15) is 0 Å². The summed E-state index contributed by atoms with van der Waals surface area (Å²) in [6, 6.07) is 3.90. The fourth-order valence-electron chi connectivity index (χ4n) is 1.48. The van der Waals surface area contributed by atoms with Gasteiger partial charge in [0.05, 0.1) is 11.0 Å². The molecule has 5 heteroatoms. The van der Waals surface area contributed by atoms with Gasteiger partial charge in [-0.25, -0.2) is 9.97 Å². The quantitative estimate of drug-likeness (QED) is 0.431. The van der Waals surface area contributed by atoms with Crippen molar-refractivity contribution in [1.82, 2.24) is 20.2 Å². The second kappa shape index (κ2) is 2.68. The Bertz CT molecular complexity index is 616. The molecule has 0 radical (unpaired) electrons. The predicted octanol–water partition coefficient (Wildman–Crippen LogP) is 1.79. The monoisotopic (exact) mass is 202 g/mol. The Morgan fingerprint density at radius 2 is 2.07 bits per heavy atom. The summed E-state index contributed by atoms with van der Waals surface area (Å²) < 4.78 is 0. The van der Waals surface area contributed by atoms with Crippen LogP contribution in [0, 0.1) is 0 Å². The van der Waals surface area contributed by atoms with E-state index in [4.69, 9.17) is 0 Å². The molecule has 0 unspecified atom stereocenters. The SMILES string of the molecule is Sc1ncnc2cc3n[nH]cc3cc12. The highest BCUT2D eigenvalue weighted by atomic mass is 32.1. The molecule has 3 rings (SSSR count). The molecule has 0 spiro atoms. The van der Waals surface area contributed by atoms with Gasteiger partial charge in [0, 0.05) is 17.0 Å². The lowest BCUT2D eigenvalue weighted by Crippen LogP contribution is -1.84. The van der Waals surface area contributed by atoms with E-state index < -0.39 is 0 Å². The van der Waals surface area contributed by atoms with Crippen LogP contribution in [0.2, 0.25) is 0 Å². The van der Waals surface area contributed by atoms with Gasteiger partial charge in [-0.05, 0) is 12.1 Å². The van der Waals surface area contributed by atoms with Gasteiger partial charge >= 0.3 is 0 Å². The van der Waals surface area contributed by atoms with Crippen LogP contribution < -0.4 is 0 Å². The zero-order valence-electron chi connectivity index (χ0n) is 7.10. The maximum atomic E-state index is 4.28. The molecule has 0 saturated heterocycles. The topological polar surface area (TPSA) is 54.5 Å². The summed E-state index contributed by atoms with van der Waals surface area (Å²) in [6.07, 6.45) is 3.35. The third-order valence-corrected chi connectivity index (χ3v) is 2.52. The molecule has 0 atom stereocenters. The average molecular weight is 202 g/mol. The highest BCUT2D eigenvalue weighted by molar-refractivity contribution is 7.80. The molecule has 2 aromatic heterocycles. The first kappa shape index (κ1) is 7.75. The van der Waals surface area contributed by atoms with Gasteiger partial charge in [-0.2, -0.15) is 5.10 Å². The molecule has 4 nitrogen and oxygen atoms in total. The number of nitrogens with zero attached hydrogens (tertiary/aromatic N) is 3. The Labute approximate surface area is 84.8 Å². The number of fused-ring (bicyclic) bond motifs is 2. The minimum Gasteiger partial charge on any atom is -0.285 e. The van der Waals surface area contributed by atoms with Gasteiger partial charge in [-0.3, -0.25) is 5.10 Å². The van der Waals surface area contributed by atoms with E-state index in [1.54, 1.807) is 0 Å². The minimum atomic E-state index is 0.693. The first-order valence-corrected chi connectivity index (χ1v) is 4.56. The van der Waals surface area contributed by atoms with E-state index in [0.717, 1.165) is 21.8 Å². The number of thiol groups is 1. The molecular weight excluding hydrogens is 196 g/mol. The number of rotatable bonds is 0. The van der Waals surface area contributed by atoms with Crippen molar-refractivity contribution >= 4 is 34.4 Å². The Morgan fingerprint density at radius 1 is 1.14 bits per heavy atom. The second-order valence-electron chi connectivity index (χ2n) is 3.01. The van der Waals surface area contributed by atoms with Crippen LogP contribution in [0.4, 0.5) is 0 Å². The number of aromatic nitrogens is 4. The number of H-pyrrole nitrogens is 1. The van der Waals surface area contributed by atoms with Crippen molar-refractivity contribution in [3.63, 3.8) is 0 Å². The normalized spacial score (nSPS) is 11.2. The largest absolute Gasteiger partial charge is 0.285 e. The smallest absolute Gasteiger partial charge is 0.117 e. The van der Waals surface area contributed by atoms with Gasteiger partial charge in [0.15, 0.2) is 0 Å². The third kappa shape index (κ3) is 0.990. The summed E-state index contributed by atoms with van der Waals surface area (Å²) in [5.74, 6) is 0. The van der Waals surface area contributed by atoms with Crippen LogP contribution >= 0.6 is 12.6 Å². The number of hydrogen-bond acceptors (Lipinski definition) is 4. The average Bonchev–Trinajstić information content (AvgIpc) is 2.62. The van der Waals surface area contributed by atoms with Crippen LogP contribution in [0.15, 0.2) is 29.7 Å². The molecule has 14 heavy (non-hydrogen) atoms.